The summed E-state index contributed by atoms with van der Waals surface area (Å²) in [6, 6.07) is 10.3. The lowest BCUT2D eigenvalue weighted by molar-refractivity contribution is -0.138. The van der Waals surface area contributed by atoms with E-state index in [1.807, 2.05) is 18.2 Å². The highest BCUT2D eigenvalue weighted by Gasteiger charge is 2.45. The summed E-state index contributed by atoms with van der Waals surface area (Å²) in [4.78, 5) is 0. The second-order valence-corrected chi connectivity index (χ2v) is 16.1. The Bertz CT molecular complexity index is 675. The molecule has 2 rings (SSSR count). The Labute approximate surface area is 203 Å². The number of ether oxygens (including phenoxy) is 3. The minimum Gasteiger partial charge on any atom is -0.413 e. The fourth-order valence-electron chi connectivity index (χ4n) is 4.41. The molecule has 0 saturated carbocycles. The maximum atomic E-state index is 9.62. The fourth-order valence-corrected chi connectivity index (χ4v) is 5.85. The average Bonchev–Trinajstić information content (AvgIpc) is 3.17. The van der Waals surface area contributed by atoms with E-state index in [0.717, 1.165) is 19.3 Å². The Morgan fingerprint density at radius 3 is 2.39 bits per heavy atom. The highest BCUT2D eigenvalue weighted by Crippen LogP contribution is 2.42. The summed E-state index contributed by atoms with van der Waals surface area (Å²) in [7, 11) is -0.261. The molecule has 0 aliphatic carbocycles. The predicted molar refractivity (Wildman–Crippen MR) is 137 cm³/mol. The first-order valence-electron chi connectivity index (χ1n) is 12.6. The number of aliphatic hydroxyl groups excluding tert-OH is 1. The van der Waals surface area contributed by atoms with Gasteiger partial charge in [0, 0.05) is 32.7 Å². The zero-order chi connectivity index (χ0) is 24.6. The minimum atomic E-state index is -1.97. The minimum absolute atomic E-state index is 0.0489. The Morgan fingerprint density at radius 2 is 1.82 bits per heavy atom. The molecule has 1 saturated heterocycles. The van der Waals surface area contributed by atoms with Gasteiger partial charge in [0.25, 0.3) is 0 Å². The number of hydrogen-bond acceptors (Lipinski definition) is 5. The van der Waals surface area contributed by atoms with Crippen LogP contribution in [0.4, 0.5) is 0 Å². The molecule has 0 radical (unpaired) electrons. The van der Waals surface area contributed by atoms with Gasteiger partial charge in [-0.25, -0.2) is 0 Å². The van der Waals surface area contributed by atoms with Gasteiger partial charge in [-0.3, -0.25) is 0 Å². The van der Waals surface area contributed by atoms with Crippen LogP contribution in [0.15, 0.2) is 30.3 Å². The zero-order valence-corrected chi connectivity index (χ0v) is 23.2. The Morgan fingerprint density at radius 1 is 1.15 bits per heavy atom. The van der Waals surface area contributed by atoms with Crippen molar-refractivity contribution in [3.63, 3.8) is 0 Å². The van der Waals surface area contributed by atoms with Crippen molar-refractivity contribution < 1.29 is 23.7 Å². The molecule has 1 unspecified atom stereocenters. The third-order valence-corrected chi connectivity index (χ3v) is 12.1. The van der Waals surface area contributed by atoms with E-state index in [1.54, 1.807) is 7.11 Å². The summed E-state index contributed by atoms with van der Waals surface area (Å²) < 4.78 is 25.0. The van der Waals surface area contributed by atoms with Gasteiger partial charge in [-0.05, 0) is 48.4 Å². The van der Waals surface area contributed by atoms with Crippen LogP contribution >= 0.6 is 0 Å². The van der Waals surface area contributed by atoms with E-state index < -0.39 is 8.32 Å². The molecule has 1 aliphatic rings. The van der Waals surface area contributed by atoms with Crippen LogP contribution in [0.3, 0.4) is 0 Å². The Kier molecular flexibility index (Phi) is 11.0. The van der Waals surface area contributed by atoms with Gasteiger partial charge in [0.2, 0.25) is 0 Å². The van der Waals surface area contributed by atoms with Gasteiger partial charge in [0.1, 0.15) is 0 Å². The van der Waals surface area contributed by atoms with Gasteiger partial charge >= 0.3 is 0 Å². The molecule has 1 N–H and O–H groups in total. The van der Waals surface area contributed by atoms with Crippen molar-refractivity contribution in [2.45, 2.75) is 97.1 Å². The summed E-state index contributed by atoms with van der Waals surface area (Å²) in [5, 5.41) is 9.76. The predicted octanol–water partition coefficient (Wildman–Crippen LogP) is 6.02. The molecule has 1 heterocycles. The van der Waals surface area contributed by atoms with Crippen molar-refractivity contribution in [3.05, 3.63) is 35.9 Å². The van der Waals surface area contributed by atoms with Crippen LogP contribution in [0.2, 0.25) is 18.1 Å². The molecule has 5 nitrogen and oxygen atoms in total. The first-order chi connectivity index (χ1) is 15.5. The van der Waals surface area contributed by atoms with Gasteiger partial charge in [0.15, 0.2) is 14.6 Å². The number of hydrogen-bond donors (Lipinski definition) is 1. The average molecular weight is 481 g/mol. The first-order valence-corrected chi connectivity index (χ1v) is 15.5. The van der Waals surface area contributed by atoms with E-state index in [-0.39, 0.29) is 42.0 Å². The maximum absolute atomic E-state index is 9.62. The molecular weight excluding hydrogens is 432 g/mol. The molecule has 1 aromatic carbocycles. The lowest BCUT2D eigenvalue weighted by atomic mass is 9.82. The van der Waals surface area contributed by atoms with Crippen molar-refractivity contribution in [1.82, 2.24) is 0 Å². The van der Waals surface area contributed by atoms with Gasteiger partial charge < -0.3 is 23.7 Å². The smallest absolute Gasteiger partial charge is 0.192 e. The van der Waals surface area contributed by atoms with Crippen LogP contribution in [0.1, 0.15) is 59.4 Å². The molecule has 6 atom stereocenters. The van der Waals surface area contributed by atoms with E-state index in [9.17, 15) is 5.11 Å². The highest BCUT2D eigenvalue weighted by molar-refractivity contribution is 6.74. The van der Waals surface area contributed by atoms with E-state index in [4.69, 9.17) is 18.6 Å². The monoisotopic (exact) mass is 480 g/mol. The van der Waals surface area contributed by atoms with Gasteiger partial charge in [-0.2, -0.15) is 0 Å². The molecule has 33 heavy (non-hydrogen) atoms. The van der Waals surface area contributed by atoms with Crippen molar-refractivity contribution in [3.8, 4) is 0 Å². The van der Waals surface area contributed by atoms with Crippen LogP contribution in [-0.2, 0) is 25.2 Å². The van der Waals surface area contributed by atoms with Crippen LogP contribution in [0, 0.1) is 17.8 Å². The summed E-state index contributed by atoms with van der Waals surface area (Å²) in [5.74, 6) is 0.802. The third-order valence-electron chi connectivity index (χ3n) is 7.56. The van der Waals surface area contributed by atoms with E-state index in [1.165, 1.54) is 5.56 Å². The summed E-state index contributed by atoms with van der Waals surface area (Å²) in [6.07, 6.45) is 2.55. The van der Waals surface area contributed by atoms with Gasteiger partial charge in [-0.15, -0.1) is 0 Å². The third kappa shape index (κ3) is 8.44. The fraction of sp³-hybridized carbons (Fsp3) is 0.778. The molecule has 0 amide bonds. The number of methoxy groups -OCH3 is 1. The SMILES string of the molecule is COC1C[C@@H](C[C@@H](C)CO)[C@@H]([C@@H](C)[C@@H](CCOCc2ccccc2)O[Si](C)(C)C(C)(C)C)O1. The summed E-state index contributed by atoms with van der Waals surface area (Å²) >= 11 is 0. The molecule has 0 spiro atoms. The molecule has 1 aromatic rings. The van der Waals surface area contributed by atoms with Gasteiger partial charge in [-0.1, -0.05) is 65.0 Å². The number of aliphatic hydroxyl groups is 1. The molecule has 190 valence electrons. The van der Waals surface area contributed by atoms with Crippen molar-refractivity contribution in [1.29, 1.82) is 0 Å². The summed E-state index contributed by atoms with van der Waals surface area (Å²) in [5.41, 5.74) is 1.19. The maximum Gasteiger partial charge on any atom is 0.192 e. The van der Waals surface area contributed by atoms with Crippen LogP contribution in [0.25, 0.3) is 0 Å². The van der Waals surface area contributed by atoms with Crippen LogP contribution in [-0.4, -0.2) is 52.2 Å². The lowest BCUT2D eigenvalue weighted by Gasteiger charge is -2.42. The van der Waals surface area contributed by atoms with Gasteiger partial charge in [0.05, 0.1) is 18.8 Å². The topological polar surface area (TPSA) is 57.2 Å². The van der Waals surface area contributed by atoms with Crippen LogP contribution in [0.5, 0.6) is 0 Å². The molecule has 1 fully saturated rings. The Hall–Kier alpha value is -0.763. The largest absolute Gasteiger partial charge is 0.413 e. The molecule has 0 bridgehead atoms. The van der Waals surface area contributed by atoms with E-state index in [2.05, 4.69) is 59.8 Å². The molecule has 0 aromatic heterocycles. The number of rotatable bonds is 13. The quantitative estimate of drug-likeness (QED) is 0.276. The molecular formula is C27H48O5Si. The summed E-state index contributed by atoms with van der Waals surface area (Å²) in [6.45, 7) is 17.3. The van der Waals surface area contributed by atoms with Crippen molar-refractivity contribution in [2.24, 2.45) is 17.8 Å². The van der Waals surface area contributed by atoms with E-state index in [0.29, 0.717) is 19.1 Å². The molecule has 1 aliphatic heterocycles. The lowest BCUT2D eigenvalue weighted by Crippen LogP contribution is -2.48. The Balaban J connectivity index is 2.12. The van der Waals surface area contributed by atoms with Crippen molar-refractivity contribution >= 4 is 8.32 Å². The van der Waals surface area contributed by atoms with Crippen LogP contribution < -0.4 is 0 Å². The second-order valence-electron chi connectivity index (χ2n) is 11.4. The zero-order valence-electron chi connectivity index (χ0n) is 22.2. The number of benzene rings is 1. The standard InChI is InChI=1S/C27H48O5Si/c1-20(18-28)16-23-17-25(29-6)31-26(23)21(2)24(32-33(7,8)27(3,4)5)14-15-30-19-22-12-10-9-11-13-22/h9-13,20-21,23-26,28H,14-19H2,1-8H3/t20-,21+,23-,24-,25?,26-/m1/s1. The molecule has 6 heteroatoms. The van der Waals surface area contributed by atoms with Crippen molar-refractivity contribution in [2.75, 3.05) is 20.3 Å². The second kappa shape index (κ2) is 12.8. The normalized spacial score (nSPS) is 24.6. The van der Waals surface area contributed by atoms with E-state index >= 15 is 0 Å². The first kappa shape index (κ1) is 28.5. The highest BCUT2D eigenvalue weighted by atomic mass is 28.4.